The molecule has 0 N–H and O–H groups in total. The minimum Gasteiger partial charge on any atom is -0.288 e. The number of halogens is 1. The molecule has 14 heavy (non-hydrogen) atoms. The summed E-state index contributed by atoms with van der Waals surface area (Å²) in [6.07, 6.45) is 3.73. The lowest BCUT2D eigenvalue weighted by molar-refractivity contribution is 1.01. The smallest absolute Gasteiger partial charge is 0.110 e. The van der Waals surface area contributed by atoms with Gasteiger partial charge >= 0.3 is 0 Å². The molecule has 0 aromatic carbocycles. The monoisotopic (exact) mass is 208 g/mol. The van der Waals surface area contributed by atoms with Gasteiger partial charge in [0, 0.05) is 23.9 Å². The number of aliphatic imine (C=N–C) groups is 2. The van der Waals surface area contributed by atoms with Gasteiger partial charge in [0.1, 0.15) is 5.17 Å². The van der Waals surface area contributed by atoms with Crippen molar-refractivity contribution in [2.45, 2.75) is 26.7 Å². The van der Waals surface area contributed by atoms with Crippen LogP contribution >= 0.6 is 11.6 Å². The maximum atomic E-state index is 6.04. The SMILES string of the molecule is CCC1=C2CN=CC2=C(C)N=C(Cl)C1. The highest BCUT2D eigenvalue weighted by Crippen LogP contribution is 2.30. The lowest BCUT2D eigenvalue weighted by atomic mass is 9.98. The van der Waals surface area contributed by atoms with Gasteiger partial charge < -0.3 is 0 Å². The second kappa shape index (κ2) is 3.70. The highest BCUT2D eigenvalue weighted by atomic mass is 35.5. The maximum absolute atomic E-state index is 6.04. The highest BCUT2D eigenvalue weighted by Gasteiger charge is 2.19. The quantitative estimate of drug-likeness (QED) is 0.633. The summed E-state index contributed by atoms with van der Waals surface area (Å²) in [4.78, 5) is 8.64. The number of hydrogen-bond donors (Lipinski definition) is 0. The largest absolute Gasteiger partial charge is 0.288 e. The third-order valence-corrected chi connectivity index (χ3v) is 2.90. The molecule has 0 atom stereocenters. The Hall–Kier alpha value is -0.890. The van der Waals surface area contributed by atoms with E-state index in [9.17, 15) is 0 Å². The maximum Gasteiger partial charge on any atom is 0.110 e. The van der Waals surface area contributed by atoms with E-state index in [0.29, 0.717) is 5.17 Å². The molecular weight excluding hydrogens is 196 g/mol. The van der Waals surface area contributed by atoms with Crippen LogP contribution in [-0.4, -0.2) is 17.9 Å². The molecule has 0 bridgehead atoms. The fraction of sp³-hybridized carbons (Fsp3) is 0.455. The van der Waals surface area contributed by atoms with Gasteiger partial charge in [-0.05, 0) is 18.9 Å². The summed E-state index contributed by atoms with van der Waals surface area (Å²) in [6, 6.07) is 0. The van der Waals surface area contributed by atoms with Crippen LogP contribution in [0.25, 0.3) is 0 Å². The molecule has 0 amide bonds. The van der Waals surface area contributed by atoms with Gasteiger partial charge in [-0.2, -0.15) is 0 Å². The van der Waals surface area contributed by atoms with Crippen LogP contribution in [0.15, 0.2) is 32.4 Å². The van der Waals surface area contributed by atoms with Crippen molar-refractivity contribution in [1.29, 1.82) is 0 Å². The number of allylic oxidation sites excluding steroid dienone is 2. The Bertz CT molecular complexity index is 386. The van der Waals surface area contributed by atoms with E-state index in [2.05, 4.69) is 16.9 Å². The minimum absolute atomic E-state index is 0.696. The lowest BCUT2D eigenvalue weighted by Crippen LogP contribution is -1.96. The molecular formula is C11H13ClN2. The normalized spacial score (nSPS) is 21.2. The van der Waals surface area contributed by atoms with Crippen molar-refractivity contribution in [1.82, 2.24) is 0 Å². The van der Waals surface area contributed by atoms with E-state index in [1.807, 2.05) is 13.1 Å². The van der Waals surface area contributed by atoms with Crippen LogP contribution < -0.4 is 0 Å². The zero-order valence-electron chi connectivity index (χ0n) is 8.47. The molecule has 3 heteroatoms. The Labute approximate surface area is 89.1 Å². The number of rotatable bonds is 1. The minimum atomic E-state index is 0.696. The molecule has 0 unspecified atom stereocenters. The summed E-state index contributed by atoms with van der Waals surface area (Å²) in [5, 5.41) is 0.696. The van der Waals surface area contributed by atoms with E-state index in [1.54, 1.807) is 0 Å². The first kappa shape index (κ1) is 9.66. The summed E-state index contributed by atoms with van der Waals surface area (Å²) < 4.78 is 0. The summed E-state index contributed by atoms with van der Waals surface area (Å²) in [5.74, 6) is 0. The highest BCUT2D eigenvalue weighted by molar-refractivity contribution is 6.65. The van der Waals surface area contributed by atoms with Crippen molar-refractivity contribution >= 4 is 23.0 Å². The summed E-state index contributed by atoms with van der Waals surface area (Å²) in [6.45, 7) is 4.95. The zero-order valence-corrected chi connectivity index (χ0v) is 9.23. The number of nitrogens with zero attached hydrogens (tertiary/aromatic N) is 2. The average molecular weight is 209 g/mol. The molecule has 2 aliphatic heterocycles. The molecule has 2 aliphatic rings. The molecule has 74 valence electrons. The van der Waals surface area contributed by atoms with Gasteiger partial charge in [-0.25, -0.2) is 4.99 Å². The Morgan fingerprint density at radius 1 is 1.50 bits per heavy atom. The topological polar surface area (TPSA) is 24.7 Å². The van der Waals surface area contributed by atoms with Crippen molar-refractivity contribution in [3.8, 4) is 0 Å². The van der Waals surface area contributed by atoms with Gasteiger partial charge in [0.05, 0.1) is 6.54 Å². The Kier molecular flexibility index (Phi) is 2.55. The van der Waals surface area contributed by atoms with Gasteiger partial charge in [0.2, 0.25) is 0 Å². The van der Waals surface area contributed by atoms with Crippen molar-refractivity contribution < 1.29 is 0 Å². The van der Waals surface area contributed by atoms with Gasteiger partial charge in [-0.3, -0.25) is 4.99 Å². The lowest BCUT2D eigenvalue weighted by Gasteiger charge is -2.06. The van der Waals surface area contributed by atoms with Crippen molar-refractivity contribution in [3.63, 3.8) is 0 Å². The van der Waals surface area contributed by atoms with E-state index < -0.39 is 0 Å². The van der Waals surface area contributed by atoms with Crippen LogP contribution in [0.2, 0.25) is 0 Å². The fourth-order valence-electron chi connectivity index (χ4n) is 1.91. The molecule has 0 radical (unpaired) electrons. The molecule has 0 aliphatic carbocycles. The Morgan fingerprint density at radius 3 is 3.00 bits per heavy atom. The molecule has 0 aromatic rings. The third-order valence-electron chi connectivity index (χ3n) is 2.69. The third kappa shape index (κ3) is 1.55. The first-order valence-electron chi connectivity index (χ1n) is 4.87. The van der Waals surface area contributed by atoms with Gasteiger partial charge in [-0.1, -0.05) is 24.1 Å². The van der Waals surface area contributed by atoms with E-state index in [-0.39, 0.29) is 0 Å². The molecule has 0 saturated heterocycles. The molecule has 0 saturated carbocycles. The summed E-state index contributed by atoms with van der Waals surface area (Å²) >= 11 is 6.04. The van der Waals surface area contributed by atoms with Crippen LogP contribution in [0.3, 0.4) is 0 Å². The van der Waals surface area contributed by atoms with Crippen LogP contribution in [0.1, 0.15) is 26.7 Å². The molecule has 0 spiro atoms. The first-order valence-corrected chi connectivity index (χ1v) is 5.25. The standard InChI is InChI=1S/C11H13ClN2/c1-3-8-4-11(12)14-7(2)9-5-13-6-10(8)9/h5H,3-4,6H2,1-2H3. The Morgan fingerprint density at radius 2 is 2.29 bits per heavy atom. The second-order valence-corrected chi connectivity index (χ2v) is 4.01. The summed E-state index contributed by atoms with van der Waals surface area (Å²) in [7, 11) is 0. The van der Waals surface area contributed by atoms with E-state index in [1.165, 1.54) is 16.7 Å². The average Bonchev–Trinajstić information content (AvgIpc) is 2.58. The molecule has 2 nitrogen and oxygen atoms in total. The van der Waals surface area contributed by atoms with Gasteiger partial charge in [-0.15, -0.1) is 0 Å². The van der Waals surface area contributed by atoms with Crippen molar-refractivity contribution in [2.75, 3.05) is 6.54 Å². The summed E-state index contributed by atoms with van der Waals surface area (Å²) in [5.41, 5.74) is 4.89. The van der Waals surface area contributed by atoms with E-state index >= 15 is 0 Å². The van der Waals surface area contributed by atoms with E-state index in [0.717, 1.165) is 25.1 Å². The molecule has 0 fully saturated rings. The predicted octanol–water partition coefficient (Wildman–Crippen LogP) is 3.09. The van der Waals surface area contributed by atoms with Crippen LogP contribution in [0, 0.1) is 0 Å². The fourth-order valence-corrected chi connectivity index (χ4v) is 2.20. The van der Waals surface area contributed by atoms with Gasteiger partial charge in [0.15, 0.2) is 0 Å². The first-order chi connectivity index (χ1) is 6.72. The Balaban J connectivity index is 2.55. The van der Waals surface area contributed by atoms with Gasteiger partial charge in [0.25, 0.3) is 0 Å². The van der Waals surface area contributed by atoms with Crippen LogP contribution in [0.4, 0.5) is 0 Å². The van der Waals surface area contributed by atoms with Crippen LogP contribution in [-0.2, 0) is 0 Å². The molecule has 2 rings (SSSR count). The second-order valence-electron chi connectivity index (χ2n) is 3.57. The van der Waals surface area contributed by atoms with Crippen molar-refractivity contribution in [2.24, 2.45) is 9.98 Å². The molecule has 2 heterocycles. The number of hydrogen-bond acceptors (Lipinski definition) is 2. The zero-order chi connectivity index (χ0) is 10.1. The predicted molar refractivity (Wildman–Crippen MR) is 61.3 cm³/mol. The molecule has 0 aromatic heterocycles. The van der Waals surface area contributed by atoms with E-state index in [4.69, 9.17) is 11.6 Å². The number of fused-ring (bicyclic) bond motifs is 1. The van der Waals surface area contributed by atoms with Crippen molar-refractivity contribution in [3.05, 3.63) is 22.4 Å². The van der Waals surface area contributed by atoms with Crippen LogP contribution in [0.5, 0.6) is 0 Å².